The molecule has 102 valence electrons. The third kappa shape index (κ3) is 1.57. The molecule has 2 aliphatic rings. The molecular formula is C16H15NO3. The summed E-state index contributed by atoms with van der Waals surface area (Å²) >= 11 is 0. The minimum absolute atomic E-state index is 0.00102. The number of fused-ring (bicyclic) bond motifs is 3. The predicted molar refractivity (Wildman–Crippen MR) is 77.1 cm³/mol. The van der Waals surface area contributed by atoms with Crippen molar-refractivity contribution < 1.29 is 9.84 Å². The molecule has 2 heterocycles. The highest BCUT2D eigenvalue weighted by molar-refractivity contribution is 5.94. The first-order valence-electron chi connectivity index (χ1n) is 6.94. The van der Waals surface area contributed by atoms with Gasteiger partial charge in [-0.25, -0.2) is 0 Å². The third-order valence-corrected chi connectivity index (χ3v) is 4.31. The summed E-state index contributed by atoms with van der Waals surface area (Å²) in [6.07, 6.45) is 8.57. The van der Waals surface area contributed by atoms with Gasteiger partial charge in [0, 0.05) is 17.0 Å². The molecule has 0 saturated heterocycles. The van der Waals surface area contributed by atoms with Crippen molar-refractivity contribution in [1.82, 2.24) is 4.98 Å². The maximum Gasteiger partial charge on any atom is 0.252 e. The molecule has 0 unspecified atom stereocenters. The van der Waals surface area contributed by atoms with Crippen LogP contribution in [0.2, 0.25) is 0 Å². The van der Waals surface area contributed by atoms with Gasteiger partial charge in [-0.15, -0.1) is 0 Å². The third-order valence-electron chi connectivity index (χ3n) is 4.31. The molecule has 0 amide bonds. The van der Waals surface area contributed by atoms with Crippen molar-refractivity contribution in [1.29, 1.82) is 0 Å². The maximum atomic E-state index is 11.6. The van der Waals surface area contributed by atoms with Crippen molar-refractivity contribution in [3.63, 3.8) is 0 Å². The highest BCUT2D eigenvalue weighted by Gasteiger charge is 2.36. The van der Waals surface area contributed by atoms with E-state index in [1.807, 2.05) is 12.1 Å². The number of hydrogen-bond donors (Lipinski definition) is 2. The summed E-state index contributed by atoms with van der Waals surface area (Å²) in [5, 5.41) is 10.5. The summed E-state index contributed by atoms with van der Waals surface area (Å²) < 4.78 is 6.18. The Hall–Kier alpha value is -2.23. The second-order valence-corrected chi connectivity index (χ2v) is 5.63. The first-order valence-corrected chi connectivity index (χ1v) is 6.94. The van der Waals surface area contributed by atoms with Crippen LogP contribution in [0.15, 0.2) is 29.1 Å². The Morgan fingerprint density at radius 3 is 2.85 bits per heavy atom. The largest absolute Gasteiger partial charge is 0.507 e. The van der Waals surface area contributed by atoms with Crippen molar-refractivity contribution >= 4 is 17.0 Å². The van der Waals surface area contributed by atoms with Gasteiger partial charge in [0.05, 0.1) is 5.52 Å². The van der Waals surface area contributed by atoms with Crippen LogP contribution < -0.4 is 10.3 Å². The van der Waals surface area contributed by atoms with Crippen LogP contribution in [0.1, 0.15) is 31.2 Å². The van der Waals surface area contributed by atoms with E-state index in [0.29, 0.717) is 10.9 Å². The number of aromatic amines is 1. The summed E-state index contributed by atoms with van der Waals surface area (Å²) in [5.41, 5.74) is 1.00. The number of hydrogen-bond acceptors (Lipinski definition) is 3. The second kappa shape index (κ2) is 3.88. The molecule has 0 radical (unpaired) electrons. The Kier molecular flexibility index (Phi) is 2.25. The molecule has 1 saturated carbocycles. The van der Waals surface area contributed by atoms with Crippen molar-refractivity contribution in [3.05, 3.63) is 40.2 Å². The summed E-state index contributed by atoms with van der Waals surface area (Å²) in [6.45, 7) is 0. The molecule has 2 aromatic rings. The standard InChI is InChI=1S/C16H15NO3/c18-12-9-14(19)17-15-10(12)3-4-13-11(15)5-8-16(20-13)6-1-2-7-16/h3-5,8-9H,1-2,6-7H2,(H2,17,18,19). The number of benzene rings is 1. The molecule has 1 aromatic heterocycles. The fraction of sp³-hybridized carbons (Fsp3) is 0.312. The van der Waals surface area contributed by atoms with E-state index in [1.54, 1.807) is 6.07 Å². The molecule has 0 atom stereocenters. The van der Waals surface area contributed by atoms with E-state index in [2.05, 4.69) is 11.1 Å². The average molecular weight is 269 g/mol. The smallest absolute Gasteiger partial charge is 0.252 e. The highest BCUT2D eigenvalue weighted by Crippen LogP contribution is 2.43. The van der Waals surface area contributed by atoms with Gasteiger partial charge in [-0.3, -0.25) is 4.79 Å². The van der Waals surface area contributed by atoms with Crippen molar-refractivity contribution in [2.75, 3.05) is 0 Å². The minimum Gasteiger partial charge on any atom is -0.507 e. The van der Waals surface area contributed by atoms with Crippen LogP contribution in [-0.2, 0) is 0 Å². The number of aromatic nitrogens is 1. The Morgan fingerprint density at radius 1 is 1.25 bits per heavy atom. The molecule has 2 N–H and O–H groups in total. The number of ether oxygens (including phenoxy) is 1. The van der Waals surface area contributed by atoms with Gasteiger partial charge >= 0.3 is 0 Å². The molecule has 0 bridgehead atoms. The topological polar surface area (TPSA) is 62.3 Å². The van der Waals surface area contributed by atoms with Crippen LogP contribution >= 0.6 is 0 Å². The van der Waals surface area contributed by atoms with Gasteiger partial charge in [-0.2, -0.15) is 0 Å². The zero-order chi connectivity index (χ0) is 13.7. The van der Waals surface area contributed by atoms with Gasteiger partial charge < -0.3 is 14.8 Å². The summed E-state index contributed by atoms with van der Waals surface area (Å²) in [6, 6.07) is 4.86. The monoisotopic (exact) mass is 269 g/mol. The lowest BCUT2D eigenvalue weighted by atomic mass is 9.95. The first-order chi connectivity index (χ1) is 9.67. The van der Waals surface area contributed by atoms with E-state index in [4.69, 9.17) is 4.74 Å². The van der Waals surface area contributed by atoms with Crippen LogP contribution in [0.3, 0.4) is 0 Å². The van der Waals surface area contributed by atoms with E-state index in [-0.39, 0.29) is 16.9 Å². The molecular weight excluding hydrogens is 254 g/mol. The highest BCUT2D eigenvalue weighted by atomic mass is 16.5. The molecule has 1 aliphatic heterocycles. The fourth-order valence-electron chi connectivity index (χ4n) is 3.29. The van der Waals surface area contributed by atoms with Crippen LogP contribution in [0.25, 0.3) is 17.0 Å². The van der Waals surface area contributed by atoms with Gasteiger partial charge in [0.15, 0.2) is 0 Å². The Bertz CT molecular complexity index is 782. The lowest BCUT2D eigenvalue weighted by Crippen LogP contribution is -2.32. The van der Waals surface area contributed by atoms with Gasteiger partial charge in [-0.05, 0) is 50.0 Å². The SMILES string of the molecule is O=c1cc(O)c2ccc3c(c2[nH]1)C=CC1(CCCC1)O3. The molecule has 1 fully saturated rings. The van der Waals surface area contributed by atoms with Gasteiger partial charge in [0.25, 0.3) is 5.56 Å². The first kappa shape index (κ1) is 11.6. The molecule has 1 aliphatic carbocycles. The molecule has 1 spiro atoms. The Balaban J connectivity index is 1.95. The molecule has 4 rings (SSSR count). The van der Waals surface area contributed by atoms with Crippen molar-refractivity contribution in [2.24, 2.45) is 0 Å². The minimum atomic E-state index is -0.307. The van der Waals surface area contributed by atoms with Crippen LogP contribution in [0, 0.1) is 0 Å². The zero-order valence-corrected chi connectivity index (χ0v) is 11.0. The molecule has 20 heavy (non-hydrogen) atoms. The van der Waals surface area contributed by atoms with E-state index in [9.17, 15) is 9.90 Å². The van der Waals surface area contributed by atoms with E-state index >= 15 is 0 Å². The number of pyridine rings is 1. The lowest BCUT2D eigenvalue weighted by molar-refractivity contribution is 0.125. The summed E-state index contributed by atoms with van der Waals surface area (Å²) in [7, 11) is 0. The van der Waals surface area contributed by atoms with E-state index in [0.717, 1.165) is 24.2 Å². The van der Waals surface area contributed by atoms with Gasteiger partial charge in [-0.1, -0.05) is 0 Å². The molecule has 1 aromatic carbocycles. The number of rotatable bonds is 0. The van der Waals surface area contributed by atoms with Crippen LogP contribution in [0.5, 0.6) is 11.5 Å². The average Bonchev–Trinajstić information content (AvgIpc) is 2.86. The van der Waals surface area contributed by atoms with Crippen LogP contribution in [0.4, 0.5) is 0 Å². The lowest BCUT2D eigenvalue weighted by Gasteiger charge is -2.31. The molecule has 4 heteroatoms. The van der Waals surface area contributed by atoms with Crippen molar-refractivity contribution in [3.8, 4) is 11.5 Å². The predicted octanol–water partition coefficient (Wildman–Crippen LogP) is 2.95. The van der Waals surface area contributed by atoms with Gasteiger partial charge in [0.1, 0.15) is 17.1 Å². The zero-order valence-electron chi connectivity index (χ0n) is 11.0. The number of nitrogens with one attached hydrogen (secondary N) is 1. The van der Waals surface area contributed by atoms with Gasteiger partial charge in [0.2, 0.25) is 0 Å². The summed E-state index contributed by atoms with van der Waals surface area (Å²) in [5.74, 6) is 0.782. The second-order valence-electron chi connectivity index (χ2n) is 5.63. The fourth-order valence-corrected chi connectivity index (χ4v) is 3.29. The van der Waals surface area contributed by atoms with Crippen molar-refractivity contribution in [2.45, 2.75) is 31.3 Å². The molecule has 4 nitrogen and oxygen atoms in total. The normalized spacial score (nSPS) is 19.2. The van der Waals surface area contributed by atoms with Crippen LogP contribution in [-0.4, -0.2) is 15.7 Å². The van der Waals surface area contributed by atoms with E-state index < -0.39 is 0 Å². The number of aromatic hydroxyl groups is 1. The summed E-state index contributed by atoms with van der Waals surface area (Å²) in [4.78, 5) is 14.4. The van der Waals surface area contributed by atoms with E-state index in [1.165, 1.54) is 18.9 Å². The number of H-pyrrole nitrogens is 1. The Morgan fingerprint density at radius 2 is 2.05 bits per heavy atom. The Labute approximate surface area is 115 Å². The maximum absolute atomic E-state index is 11.6. The quantitative estimate of drug-likeness (QED) is 0.773.